The van der Waals surface area contributed by atoms with Gasteiger partial charge in [-0.2, -0.15) is 0 Å². The molecule has 0 aromatic heterocycles. The summed E-state index contributed by atoms with van der Waals surface area (Å²) in [6.45, 7) is 3.06. The summed E-state index contributed by atoms with van der Waals surface area (Å²) in [5.74, 6) is -0.242. The van der Waals surface area contributed by atoms with Crippen molar-refractivity contribution >= 4 is 11.9 Å². The smallest absolute Gasteiger partial charge is 0.319 e. The van der Waals surface area contributed by atoms with Crippen LogP contribution in [-0.2, 0) is 4.79 Å². The quantitative estimate of drug-likeness (QED) is 0.740. The number of hydrogen-bond acceptors (Lipinski definition) is 3. The zero-order valence-corrected chi connectivity index (χ0v) is 11.3. The molecule has 1 unspecified atom stereocenters. The Balaban J connectivity index is 2.48. The lowest BCUT2D eigenvalue weighted by atomic mass is 9.97. The highest BCUT2D eigenvalue weighted by Crippen LogP contribution is 2.17. The average Bonchev–Trinajstić information content (AvgIpc) is 2.34. The molecule has 0 bridgehead atoms. The van der Waals surface area contributed by atoms with E-state index in [1.54, 1.807) is 25.9 Å². The Morgan fingerprint density at radius 3 is 2.72 bits per heavy atom. The first-order valence-electron chi connectivity index (χ1n) is 6.33. The fourth-order valence-electron chi connectivity index (χ4n) is 2.04. The van der Waals surface area contributed by atoms with Gasteiger partial charge in [-0.25, -0.2) is 4.79 Å². The minimum Gasteiger partial charge on any atom is -0.392 e. The first-order valence-corrected chi connectivity index (χ1v) is 6.33. The van der Waals surface area contributed by atoms with E-state index in [9.17, 15) is 9.59 Å². The third-order valence-electron chi connectivity index (χ3n) is 3.02. The zero-order valence-electron chi connectivity index (χ0n) is 11.3. The summed E-state index contributed by atoms with van der Waals surface area (Å²) < 4.78 is 0. The van der Waals surface area contributed by atoms with Crippen molar-refractivity contribution < 1.29 is 14.7 Å². The van der Waals surface area contributed by atoms with Crippen LogP contribution in [0.4, 0.5) is 4.79 Å². The van der Waals surface area contributed by atoms with Crippen LogP contribution in [0, 0.1) is 5.92 Å². The number of likely N-dealkylation sites (tertiary alicyclic amines) is 1. The lowest BCUT2D eigenvalue weighted by molar-refractivity contribution is -0.126. The Kier molecular flexibility index (Phi) is 5.40. The first kappa shape index (κ1) is 14.8. The van der Waals surface area contributed by atoms with Gasteiger partial charge in [0, 0.05) is 33.7 Å². The van der Waals surface area contributed by atoms with E-state index in [-0.39, 0.29) is 24.4 Å². The van der Waals surface area contributed by atoms with Gasteiger partial charge in [0.15, 0.2) is 0 Å². The van der Waals surface area contributed by atoms with Crippen molar-refractivity contribution in [1.29, 1.82) is 0 Å². The molecular weight excluding hydrogens is 234 g/mol. The van der Waals surface area contributed by atoms with Gasteiger partial charge in [-0.15, -0.1) is 0 Å². The molecule has 0 aromatic rings. The summed E-state index contributed by atoms with van der Waals surface area (Å²) >= 11 is 0. The number of nitrogens with zero attached hydrogens (tertiary/aromatic N) is 2. The molecule has 1 rings (SSSR count). The number of aliphatic hydroxyl groups is 1. The molecule has 0 aromatic carbocycles. The van der Waals surface area contributed by atoms with Crippen molar-refractivity contribution in [2.24, 2.45) is 5.92 Å². The van der Waals surface area contributed by atoms with E-state index in [2.05, 4.69) is 5.32 Å². The van der Waals surface area contributed by atoms with Gasteiger partial charge in [-0.05, 0) is 19.8 Å². The van der Waals surface area contributed by atoms with Crippen molar-refractivity contribution in [1.82, 2.24) is 15.1 Å². The molecule has 1 aliphatic rings. The molecule has 1 fully saturated rings. The third kappa shape index (κ3) is 4.18. The second-order valence-electron chi connectivity index (χ2n) is 5.06. The third-order valence-corrected chi connectivity index (χ3v) is 3.02. The summed E-state index contributed by atoms with van der Waals surface area (Å²) in [5, 5.41) is 11.8. The predicted octanol–water partition coefficient (Wildman–Crippen LogP) is -0.123. The molecule has 3 amide bonds. The summed E-state index contributed by atoms with van der Waals surface area (Å²) in [6.07, 6.45) is 1.09. The number of carbonyl (C=O) groups excluding carboxylic acids is 2. The second kappa shape index (κ2) is 6.58. The van der Waals surface area contributed by atoms with Crippen LogP contribution in [0.2, 0.25) is 0 Å². The lowest BCUT2D eigenvalue weighted by Crippen LogP contribution is -2.49. The Labute approximate surface area is 108 Å². The van der Waals surface area contributed by atoms with E-state index in [0.717, 1.165) is 12.8 Å². The maximum atomic E-state index is 11.9. The number of rotatable bonds is 3. The van der Waals surface area contributed by atoms with Crippen LogP contribution < -0.4 is 5.32 Å². The van der Waals surface area contributed by atoms with Gasteiger partial charge >= 0.3 is 6.03 Å². The van der Waals surface area contributed by atoms with Crippen LogP contribution in [-0.4, -0.2) is 66.7 Å². The largest absolute Gasteiger partial charge is 0.392 e. The van der Waals surface area contributed by atoms with E-state index in [1.807, 2.05) is 0 Å². The number of piperidine rings is 1. The van der Waals surface area contributed by atoms with Crippen molar-refractivity contribution in [2.45, 2.75) is 25.9 Å². The van der Waals surface area contributed by atoms with Crippen LogP contribution in [0.5, 0.6) is 0 Å². The number of urea groups is 1. The van der Waals surface area contributed by atoms with Gasteiger partial charge in [0.25, 0.3) is 0 Å². The minimum atomic E-state index is -0.544. The molecule has 2 atom stereocenters. The molecule has 1 heterocycles. The fourth-order valence-corrected chi connectivity index (χ4v) is 2.04. The number of hydrogen-bond donors (Lipinski definition) is 2. The lowest BCUT2D eigenvalue weighted by Gasteiger charge is -2.33. The molecule has 18 heavy (non-hydrogen) atoms. The molecule has 0 radical (unpaired) electrons. The highest BCUT2D eigenvalue weighted by molar-refractivity contribution is 5.80. The maximum Gasteiger partial charge on any atom is 0.319 e. The Hall–Kier alpha value is -1.30. The first-order chi connectivity index (χ1) is 8.41. The van der Waals surface area contributed by atoms with Gasteiger partial charge < -0.3 is 20.2 Å². The summed E-state index contributed by atoms with van der Waals surface area (Å²) in [4.78, 5) is 26.9. The van der Waals surface area contributed by atoms with E-state index in [1.165, 1.54) is 4.90 Å². The molecular formula is C12H23N3O3. The topological polar surface area (TPSA) is 72.9 Å². The normalized spacial score (nSPS) is 21.3. The standard InChI is InChI=1S/C12H23N3O3/c1-9(16)7-13-11(17)10-5-4-6-15(8-10)12(18)14(2)3/h9-10,16H,4-8H2,1-3H3,(H,13,17)/t9-,10?/m0/s1. The van der Waals surface area contributed by atoms with E-state index < -0.39 is 6.10 Å². The van der Waals surface area contributed by atoms with Gasteiger partial charge in [0.05, 0.1) is 12.0 Å². The average molecular weight is 257 g/mol. The molecule has 104 valence electrons. The summed E-state index contributed by atoms with van der Waals surface area (Å²) in [5.41, 5.74) is 0. The number of carbonyl (C=O) groups is 2. The van der Waals surface area contributed by atoms with Gasteiger partial charge in [-0.3, -0.25) is 4.79 Å². The Bertz CT molecular complexity index is 305. The molecule has 1 aliphatic heterocycles. The van der Waals surface area contributed by atoms with Gasteiger partial charge in [-0.1, -0.05) is 0 Å². The Morgan fingerprint density at radius 2 is 2.17 bits per heavy atom. The van der Waals surface area contributed by atoms with Crippen LogP contribution in [0.25, 0.3) is 0 Å². The van der Waals surface area contributed by atoms with Crippen molar-refractivity contribution in [3.8, 4) is 0 Å². The number of amides is 3. The molecule has 0 aliphatic carbocycles. The van der Waals surface area contributed by atoms with Crippen LogP contribution in [0.15, 0.2) is 0 Å². The molecule has 6 nitrogen and oxygen atoms in total. The number of nitrogens with one attached hydrogen (secondary N) is 1. The highest BCUT2D eigenvalue weighted by Gasteiger charge is 2.28. The SMILES string of the molecule is C[C@H](O)CNC(=O)C1CCCN(C(=O)N(C)C)C1. The molecule has 1 saturated heterocycles. The van der Waals surface area contributed by atoms with Crippen molar-refractivity contribution in [3.63, 3.8) is 0 Å². The Morgan fingerprint density at radius 1 is 1.50 bits per heavy atom. The van der Waals surface area contributed by atoms with E-state index in [4.69, 9.17) is 5.11 Å². The minimum absolute atomic E-state index is 0.0528. The summed E-state index contributed by atoms with van der Waals surface area (Å²) in [7, 11) is 3.42. The monoisotopic (exact) mass is 257 g/mol. The number of aliphatic hydroxyl groups excluding tert-OH is 1. The molecule has 0 saturated carbocycles. The molecule has 6 heteroatoms. The van der Waals surface area contributed by atoms with Crippen molar-refractivity contribution in [3.05, 3.63) is 0 Å². The summed E-state index contributed by atoms with van der Waals surface area (Å²) in [6, 6.07) is -0.0528. The van der Waals surface area contributed by atoms with Crippen molar-refractivity contribution in [2.75, 3.05) is 33.7 Å². The highest BCUT2D eigenvalue weighted by atomic mass is 16.3. The van der Waals surface area contributed by atoms with Gasteiger partial charge in [0.2, 0.25) is 5.91 Å². The van der Waals surface area contributed by atoms with Crippen LogP contribution in [0.1, 0.15) is 19.8 Å². The zero-order chi connectivity index (χ0) is 13.7. The fraction of sp³-hybridized carbons (Fsp3) is 0.833. The van der Waals surface area contributed by atoms with Crippen LogP contribution in [0.3, 0.4) is 0 Å². The maximum absolute atomic E-state index is 11.9. The molecule has 0 spiro atoms. The molecule has 2 N–H and O–H groups in total. The van der Waals surface area contributed by atoms with E-state index in [0.29, 0.717) is 13.1 Å². The second-order valence-corrected chi connectivity index (χ2v) is 5.06. The van der Waals surface area contributed by atoms with Crippen LogP contribution >= 0.6 is 0 Å². The van der Waals surface area contributed by atoms with E-state index >= 15 is 0 Å². The predicted molar refractivity (Wildman–Crippen MR) is 68.1 cm³/mol. The van der Waals surface area contributed by atoms with Gasteiger partial charge in [0.1, 0.15) is 0 Å².